The number of benzene rings is 1. The standard InChI is InChI=1S/C41H60IN3O10/c1-6-8-12-20-40(21-13-9-7-2)53-32-30-23-41(34(37(49)51-30)45(55-35(41)33(32)54-40)24-26-15-10-11-16-28(26)42)38(50)44-22-14-17-29(44)36(48)43-27(25-46)18-19-31(47)52-39(3,4)5/h10-11,15-16,27,29-30,32-35,46H,6-9,12-14,17-25H2,1-5H3,(H,43,48). The van der Waals surface area contributed by atoms with E-state index in [-0.39, 0.29) is 38.3 Å². The van der Waals surface area contributed by atoms with Crippen LogP contribution in [-0.2, 0) is 49.5 Å². The molecule has 0 aromatic heterocycles. The fourth-order valence-corrected chi connectivity index (χ4v) is 9.77. The van der Waals surface area contributed by atoms with Crippen LogP contribution in [0.25, 0.3) is 0 Å². The number of amides is 2. The number of esters is 2. The Bertz CT molecular complexity index is 1540. The Kier molecular flexibility index (Phi) is 13.5. The molecule has 0 radical (unpaired) electrons. The number of aliphatic hydroxyl groups excluding tert-OH is 1. The van der Waals surface area contributed by atoms with Crippen molar-refractivity contribution in [3.05, 3.63) is 33.4 Å². The summed E-state index contributed by atoms with van der Waals surface area (Å²) in [4.78, 5) is 64.5. The van der Waals surface area contributed by atoms with Crippen LogP contribution in [0.1, 0.15) is 124 Å². The minimum atomic E-state index is -1.40. The maximum atomic E-state index is 15.4. The Balaban J connectivity index is 1.30. The molecule has 2 bridgehead atoms. The molecule has 55 heavy (non-hydrogen) atoms. The number of halogens is 1. The summed E-state index contributed by atoms with van der Waals surface area (Å²) in [7, 11) is 0. The van der Waals surface area contributed by atoms with Gasteiger partial charge in [-0.05, 0) is 87.1 Å². The highest BCUT2D eigenvalue weighted by atomic mass is 127. The maximum Gasteiger partial charge on any atom is 0.327 e. The lowest BCUT2D eigenvalue weighted by atomic mass is 9.62. The summed E-state index contributed by atoms with van der Waals surface area (Å²) in [6.45, 7) is 9.85. The molecule has 4 heterocycles. The van der Waals surface area contributed by atoms with Crippen molar-refractivity contribution in [2.24, 2.45) is 5.41 Å². The van der Waals surface area contributed by atoms with Gasteiger partial charge in [-0.3, -0.25) is 24.0 Å². The smallest absolute Gasteiger partial charge is 0.327 e. The summed E-state index contributed by atoms with van der Waals surface area (Å²) in [5.74, 6) is -2.60. The molecule has 306 valence electrons. The number of rotatable bonds is 17. The normalized spacial score (nSPS) is 30.2. The van der Waals surface area contributed by atoms with Crippen LogP contribution >= 0.6 is 22.6 Å². The predicted octanol–water partition coefficient (Wildman–Crippen LogP) is 5.32. The number of unbranched alkanes of at least 4 members (excludes halogenated alkanes) is 4. The minimum Gasteiger partial charge on any atom is -0.460 e. The molecule has 2 amide bonds. The van der Waals surface area contributed by atoms with Gasteiger partial charge in [0.05, 0.1) is 19.2 Å². The van der Waals surface area contributed by atoms with Gasteiger partial charge in [0.2, 0.25) is 11.8 Å². The van der Waals surface area contributed by atoms with Crippen LogP contribution in [0, 0.1) is 8.99 Å². The molecule has 1 aromatic rings. The molecule has 4 saturated heterocycles. The fraction of sp³-hybridized carbons (Fsp3) is 0.756. The van der Waals surface area contributed by atoms with E-state index in [0.29, 0.717) is 32.2 Å². The quantitative estimate of drug-likeness (QED) is 0.119. The highest BCUT2D eigenvalue weighted by molar-refractivity contribution is 14.1. The van der Waals surface area contributed by atoms with E-state index >= 15 is 4.79 Å². The second kappa shape index (κ2) is 17.6. The third-order valence-corrected chi connectivity index (χ3v) is 12.8. The summed E-state index contributed by atoms with van der Waals surface area (Å²) in [6.07, 6.45) is 5.87. The summed E-state index contributed by atoms with van der Waals surface area (Å²) in [5, 5.41) is 14.7. The van der Waals surface area contributed by atoms with E-state index in [2.05, 4.69) is 41.8 Å². The van der Waals surface area contributed by atoms with Gasteiger partial charge < -0.3 is 34.3 Å². The van der Waals surface area contributed by atoms with E-state index in [1.807, 2.05) is 24.3 Å². The van der Waals surface area contributed by atoms with Gasteiger partial charge in [0.25, 0.3) is 0 Å². The first kappa shape index (κ1) is 42.2. The first-order chi connectivity index (χ1) is 26.3. The number of hydrogen-bond acceptors (Lipinski definition) is 11. The average Bonchev–Trinajstić information content (AvgIpc) is 3.86. The Hall–Kier alpha value is -2.37. The number of hydrogen-bond donors (Lipinski definition) is 2. The number of carbonyl (C=O) groups is 4. The van der Waals surface area contributed by atoms with Gasteiger partial charge in [0, 0.05) is 35.8 Å². The zero-order valence-corrected chi connectivity index (χ0v) is 35.2. The fourth-order valence-electron chi connectivity index (χ4n) is 9.21. The zero-order valence-electron chi connectivity index (χ0n) is 33.1. The monoisotopic (exact) mass is 881 g/mol. The molecule has 5 fully saturated rings. The molecule has 8 unspecified atom stereocenters. The zero-order chi connectivity index (χ0) is 39.5. The summed E-state index contributed by atoms with van der Waals surface area (Å²) in [6, 6.07) is 5.23. The van der Waals surface area contributed by atoms with Crippen LogP contribution in [0.3, 0.4) is 0 Å². The lowest BCUT2D eigenvalue weighted by Gasteiger charge is -2.50. The molecule has 1 aliphatic carbocycles. The van der Waals surface area contributed by atoms with Crippen molar-refractivity contribution < 1.29 is 48.1 Å². The van der Waals surface area contributed by atoms with Crippen LogP contribution in [-0.4, -0.2) is 106 Å². The number of carbonyl (C=O) groups excluding carboxylic acids is 4. The van der Waals surface area contributed by atoms with Crippen molar-refractivity contribution in [3.8, 4) is 0 Å². The number of hydroxylamine groups is 2. The van der Waals surface area contributed by atoms with E-state index in [1.54, 1.807) is 30.7 Å². The van der Waals surface area contributed by atoms with Gasteiger partial charge in [-0.25, -0.2) is 0 Å². The van der Waals surface area contributed by atoms with Crippen LogP contribution in [0.2, 0.25) is 0 Å². The molecule has 13 nitrogen and oxygen atoms in total. The van der Waals surface area contributed by atoms with Gasteiger partial charge in [0.1, 0.15) is 41.5 Å². The second-order valence-corrected chi connectivity index (χ2v) is 18.1. The number of nitrogens with zero attached hydrogens (tertiary/aromatic N) is 2. The van der Waals surface area contributed by atoms with Crippen LogP contribution in [0.4, 0.5) is 0 Å². The van der Waals surface area contributed by atoms with Crippen molar-refractivity contribution in [3.63, 3.8) is 0 Å². The molecule has 5 aliphatic rings. The summed E-state index contributed by atoms with van der Waals surface area (Å²) < 4.78 is 26.6. The third kappa shape index (κ3) is 8.89. The molecular weight excluding hydrogens is 821 g/mol. The summed E-state index contributed by atoms with van der Waals surface area (Å²) >= 11 is 2.26. The van der Waals surface area contributed by atoms with Crippen molar-refractivity contribution in [1.29, 1.82) is 0 Å². The Morgan fingerprint density at radius 2 is 1.75 bits per heavy atom. The highest BCUT2D eigenvalue weighted by Crippen LogP contribution is 2.59. The molecule has 8 atom stereocenters. The first-order valence-corrected chi connectivity index (χ1v) is 21.5. The largest absolute Gasteiger partial charge is 0.460 e. The van der Waals surface area contributed by atoms with Gasteiger partial charge in [-0.1, -0.05) is 57.7 Å². The molecule has 4 aliphatic heterocycles. The van der Waals surface area contributed by atoms with Gasteiger partial charge in [-0.2, -0.15) is 5.06 Å². The van der Waals surface area contributed by atoms with E-state index < -0.39 is 77.2 Å². The Morgan fingerprint density at radius 3 is 2.40 bits per heavy atom. The lowest BCUT2D eigenvalue weighted by Crippen LogP contribution is -2.70. The third-order valence-electron chi connectivity index (χ3n) is 11.8. The lowest BCUT2D eigenvalue weighted by molar-refractivity contribution is -0.225. The number of likely N-dealkylation sites (tertiary alicyclic amines) is 1. The molecular formula is C41H60IN3O10. The molecule has 0 spiro atoms. The van der Waals surface area contributed by atoms with Gasteiger partial charge >= 0.3 is 11.9 Å². The molecule has 14 heteroatoms. The van der Waals surface area contributed by atoms with E-state index in [0.717, 1.165) is 47.7 Å². The van der Waals surface area contributed by atoms with Crippen LogP contribution in [0.15, 0.2) is 24.3 Å². The van der Waals surface area contributed by atoms with Crippen molar-refractivity contribution in [2.75, 3.05) is 13.2 Å². The number of ether oxygens (including phenoxy) is 4. The molecule has 2 N–H and O–H groups in total. The topological polar surface area (TPSA) is 153 Å². The molecule has 6 rings (SSSR count). The SMILES string of the molecule is CCCCCC1(CCCCC)OC2C3CC4(C(=O)N5CCCC5C(=O)NC(CO)CCC(=O)OC(C)(C)C)C(ON(Cc5ccccc5I)C4C(=O)O3)C2O1. The predicted molar refractivity (Wildman–Crippen MR) is 210 cm³/mol. The molecule has 1 saturated carbocycles. The van der Waals surface area contributed by atoms with E-state index in [4.69, 9.17) is 23.8 Å². The summed E-state index contributed by atoms with van der Waals surface area (Å²) in [5.41, 5.74) is -1.11. The van der Waals surface area contributed by atoms with E-state index in [9.17, 15) is 19.5 Å². The maximum absolute atomic E-state index is 15.4. The van der Waals surface area contributed by atoms with Crippen LogP contribution in [0.5, 0.6) is 0 Å². The van der Waals surface area contributed by atoms with Crippen LogP contribution < -0.4 is 5.32 Å². The Morgan fingerprint density at radius 1 is 1.05 bits per heavy atom. The van der Waals surface area contributed by atoms with Crippen molar-refractivity contribution in [2.45, 2.75) is 179 Å². The Labute approximate surface area is 338 Å². The number of aliphatic hydroxyl groups is 1. The van der Waals surface area contributed by atoms with Crippen molar-refractivity contribution >= 4 is 46.3 Å². The number of fused-ring (bicyclic) bond motifs is 4. The highest BCUT2D eigenvalue weighted by Gasteiger charge is 2.77. The minimum absolute atomic E-state index is 0.0165. The average molecular weight is 882 g/mol. The second-order valence-electron chi connectivity index (χ2n) is 17.0. The molecule has 1 aromatic carbocycles. The van der Waals surface area contributed by atoms with Gasteiger partial charge in [-0.15, -0.1) is 0 Å². The first-order valence-electron chi connectivity index (χ1n) is 20.4. The number of nitrogens with one attached hydrogen (secondary N) is 1. The van der Waals surface area contributed by atoms with E-state index in [1.165, 1.54) is 0 Å². The van der Waals surface area contributed by atoms with Gasteiger partial charge in [0.15, 0.2) is 11.8 Å². The van der Waals surface area contributed by atoms with Crippen molar-refractivity contribution in [1.82, 2.24) is 15.3 Å².